The van der Waals surface area contributed by atoms with Gasteiger partial charge in [-0.1, -0.05) is 104 Å². The van der Waals surface area contributed by atoms with Gasteiger partial charge in [0.15, 0.2) is 0 Å². The minimum Gasteiger partial charge on any atom is -0.162 e. The largest absolute Gasteiger partial charge is 0.491 e. The lowest BCUT2D eigenvalue weighted by atomic mass is 10.0. The van der Waals surface area contributed by atoms with Crippen LogP contribution in [0.4, 0.5) is 0 Å². The molecule has 0 aromatic carbocycles. The fourth-order valence-corrected chi connectivity index (χ4v) is 2.27. The van der Waals surface area contributed by atoms with Gasteiger partial charge < -0.3 is 0 Å². The van der Waals surface area contributed by atoms with Crippen LogP contribution in [0.15, 0.2) is 0 Å². The first-order chi connectivity index (χ1) is 9.33. The number of unbranched alkanes of at least 4 members (excludes halogenated alkanes) is 13. The van der Waals surface area contributed by atoms with Crippen LogP contribution in [0.3, 0.4) is 0 Å². The Morgan fingerprint density at radius 3 is 0.895 bits per heavy atom. The fraction of sp³-hybridized carbons (Fsp3) is 1.00. The molecule has 0 amide bonds. The molecule has 1 unspecified atom stereocenters. The third kappa shape index (κ3) is 27.3. The van der Waals surface area contributed by atoms with Gasteiger partial charge in [-0.15, -0.1) is 0 Å². The summed E-state index contributed by atoms with van der Waals surface area (Å²) in [6.07, 6.45) is 20.4. The van der Waals surface area contributed by atoms with Crippen molar-refractivity contribution in [3.8, 4) is 0 Å². The van der Waals surface area contributed by atoms with E-state index in [-0.39, 0.29) is 0 Å². The molecule has 19 heavy (non-hydrogen) atoms. The standard InChI is InChI=1S/C16H34.HO2P/c1-3-5-7-9-11-13-15-16-14-12-10-8-6-4-2;1-3-2/h3-16H2,1-2H3;3H/p+1. The Kier molecular flexibility index (Phi) is 26.1. The molecule has 0 aliphatic heterocycles. The SMILES string of the molecule is CCCCCCCCCCCCCCCC.O=[PH+]O. The predicted molar refractivity (Wildman–Crippen MR) is 87.2 cm³/mol. The molecule has 0 saturated carbocycles. The average Bonchev–Trinajstić information content (AvgIpc) is 2.41. The first-order valence-electron chi connectivity index (χ1n) is 8.34. The maximum atomic E-state index is 8.51. The molecule has 1 N–H and O–H groups in total. The van der Waals surface area contributed by atoms with E-state index in [1.807, 2.05) is 0 Å². The zero-order valence-corrected chi connectivity index (χ0v) is 14.3. The van der Waals surface area contributed by atoms with Crippen LogP contribution in [0, 0.1) is 0 Å². The van der Waals surface area contributed by atoms with Crippen LogP contribution in [0.5, 0.6) is 0 Å². The highest BCUT2D eigenvalue weighted by molar-refractivity contribution is 7.16. The molecule has 0 aliphatic rings. The van der Waals surface area contributed by atoms with E-state index >= 15 is 0 Å². The van der Waals surface area contributed by atoms with Crippen molar-refractivity contribution in [2.45, 2.75) is 104 Å². The third-order valence-electron chi connectivity index (χ3n) is 3.46. The Hall–Kier alpha value is 0.0600. The van der Waals surface area contributed by atoms with Crippen LogP contribution in [-0.4, -0.2) is 4.89 Å². The molecule has 0 aliphatic carbocycles. The zero-order chi connectivity index (χ0) is 14.6. The van der Waals surface area contributed by atoms with Gasteiger partial charge in [0.2, 0.25) is 0 Å². The first kappa shape index (κ1) is 21.4. The summed E-state index contributed by atoms with van der Waals surface area (Å²) in [4.78, 5) is 7.04. The zero-order valence-electron chi connectivity index (χ0n) is 13.3. The molecule has 1 atom stereocenters. The lowest BCUT2D eigenvalue weighted by molar-refractivity contribution is 0.524. The van der Waals surface area contributed by atoms with E-state index in [2.05, 4.69) is 13.8 Å². The van der Waals surface area contributed by atoms with Crippen molar-refractivity contribution >= 4 is 8.69 Å². The Bertz CT molecular complexity index is 138. The van der Waals surface area contributed by atoms with Crippen molar-refractivity contribution in [1.29, 1.82) is 0 Å². The molecule has 0 saturated heterocycles. The van der Waals surface area contributed by atoms with Crippen LogP contribution in [0.1, 0.15) is 104 Å². The van der Waals surface area contributed by atoms with Gasteiger partial charge in [-0.3, -0.25) is 0 Å². The van der Waals surface area contributed by atoms with Crippen molar-refractivity contribution < 1.29 is 9.46 Å². The van der Waals surface area contributed by atoms with Gasteiger partial charge in [-0.2, -0.15) is 4.89 Å². The van der Waals surface area contributed by atoms with E-state index in [0.29, 0.717) is 0 Å². The molecular formula is C16H36O2P+. The maximum Gasteiger partial charge on any atom is 0.491 e. The van der Waals surface area contributed by atoms with Crippen LogP contribution in [0.25, 0.3) is 0 Å². The topological polar surface area (TPSA) is 37.3 Å². The second-order valence-corrected chi connectivity index (χ2v) is 5.52. The van der Waals surface area contributed by atoms with Crippen molar-refractivity contribution in [2.24, 2.45) is 0 Å². The molecular weight excluding hydrogens is 255 g/mol. The second kappa shape index (κ2) is 23.2. The van der Waals surface area contributed by atoms with E-state index in [4.69, 9.17) is 9.46 Å². The van der Waals surface area contributed by atoms with E-state index in [9.17, 15) is 0 Å². The van der Waals surface area contributed by atoms with Gasteiger partial charge in [0.1, 0.15) is 0 Å². The van der Waals surface area contributed by atoms with Crippen molar-refractivity contribution in [3.63, 3.8) is 0 Å². The van der Waals surface area contributed by atoms with Gasteiger partial charge >= 0.3 is 8.69 Å². The number of hydrogen-bond acceptors (Lipinski definition) is 1. The average molecular weight is 291 g/mol. The Morgan fingerprint density at radius 2 is 0.737 bits per heavy atom. The summed E-state index contributed by atoms with van der Waals surface area (Å²) in [5.41, 5.74) is 0. The molecule has 0 radical (unpaired) electrons. The highest BCUT2D eigenvalue weighted by Gasteiger charge is 1.92. The van der Waals surface area contributed by atoms with Crippen LogP contribution < -0.4 is 0 Å². The number of hydrogen-bond donors (Lipinski definition) is 1. The van der Waals surface area contributed by atoms with E-state index < -0.39 is 8.69 Å². The quantitative estimate of drug-likeness (QED) is 0.314. The summed E-state index contributed by atoms with van der Waals surface area (Å²) in [5, 5.41) is 0. The third-order valence-corrected chi connectivity index (χ3v) is 3.46. The molecule has 0 rings (SSSR count). The van der Waals surface area contributed by atoms with Crippen LogP contribution in [0.2, 0.25) is 0 Å². The van der Waals surface area contributed by atoms with Crippen molar-refractivity contribution in [3.05, 3.63) is 0 Å². The second-order valence-electron chi connectivity index (χ2n) is 5.33. The smallest absolute Gasteiger partial charge is 0.162 e. The highest BCUT2D eigenvalue weighted by atomic mass is 31.1. The van der Waals surface area contributed by atoms with E-state index in [1.54, 1.807) is 0 Å². The first-order valence-corrected chi connectivity index (χ1v) is 9.20. The Morgan fingerprint density at radius 1 is 0.579 bits per heavy atom. The lowest BCUT2D eigenvalue weighted by Crippen LogP contribution is -1.82. The van der Waals surface area contributed by atoms with Crippen molar-refractivity contribution in [2.75, 3.05) is 0 Å². The van der Waals surface area contributed by atoms with E-state index in [1.165, 1.54) is 89.9 Å². The van der Waals surface area contributed by atoms with Gasteiger partial charge in [-0.25, -0.2) is 0 Å². The Balaban J connectivity index is 0. The molecule has 0 spiro atoms. The Labute approximate surface area is 122 Å². The predicted octanol–water partition coefficient (Wildman–Crippen LogP) is 6.41. The lowest BCUT2D eigenvalue weighted by Gasteiger charge is -2.02. The summed E-state index contributed by atoms with van der Waals surface area (Å²) in [6, 6.07) is 0. The maximum absolute atomic E-state index is 8.51. The van der Waals surface area contributed by atoms with Gasteiger partial charge in [0.05, 0.1) is 0 Å². The molecule has 0 aromatic heterocycles. The monoisotopic (exact) mass is 291 g/mol. The van der Waals surface area contributed by atoms with Crippen LogP contribution in [-0.2, 0) is 4.57 Å². The number of rotatable bonds is 13. The fourth-order valence-electron chi connectivity index (χ4n) is 2.27. The molecule has 0 aromatic rings. The minimum absolute atomic E-state index is 1.17. The molecule has 0 fully saturated rings. The molecule has 0 bridgehead atoms. The minimum atomic E-state index is -1.17. The van der Waals surface area contributed by atoms with Crippen molar-refractivity contribution in [1.82, 2.24) is 0 Å². The van der Waals surface area contributed by atoms with Gasteiger partial charge in [-0.05, 0) is 4.57 Å². The van der Waals surface area contributed by atoms with Gasteiger partial charge in [0.25, 0.3) is 0 Å². The molecule has 2 nitrogen and oxygen atoms in total. The van der Waals surface area contributed by atoms with E-state index in [0.717, 1.165) is 0 Å². The summed E-state index contributed by atoms with van der Waals surface area (Å²) < 4.78 is 8.51. The summed E-state index contributed by atoms with van der Waals surface area (Å²) in [5.74, 6) is 0. The summed E-state index contributed by atoms with van der Waals surface area (Å²) in [7, 11) is -1.17. The van der Waals surface area contributed by atoms with Crippen LogP contribution >= 0.6 is 8.69 Å². The molecule has 116 valence electrons. The summed E-state index contributed by atoms with van der Waals surface area (Å²) >= 11 is 0. The molecule has 3 heteroatoms. The highest BCUT2D eigenvalue weighted by Crippen LogP contribution is 2.12. The summed E-state index contributed by atoms with van der Waals surface area (Å²) in [6.45, 7) is 4.58. The van der Waals surface area contributed by atoms with Gasteiger partial charge in [0, 0.05) is 0 Å². The molecule has 0 heterocycles. The normalized spacial score (nSPS) is 10.3.